The lowest BCUT2D eigenvalue weighted by atomic mass is 10.0. The van der Waals surface area contributed by atoms with Gasteiger partial charge >= 0.3 is 0 Å². The molecule has 0 bridgehead atoms. The number of carbonyl (C=O) groups excluding carboxylic acids is 2. The average molecular weight is 552 g/mol. The van der Waals surface area contributed by atoms with Gasteiger partial charge in [0, 0.05) is 45.0 Å². The van der Waals surface area contributed by atoms with Crippen LogP contribution in [-0.4, -0.2) is 85.9 Å². The van der Waals surface area contributed by atoms with E-state index in [9.17, 15) is 9.59 Å². The van der Waals surface area contributed by atoms with E-state index in [1.54, 1.807) is 31.4 Å². The van der Waals surface area contributed by atoms with Gasteiger partial charge in [0.05, 0.1) is 30.2 Å². The van der Waals surface area contributed by atoms with Crippen LogP contribution in [0.15, 0.2) is 48.7 Å². The number of halogens is 1. The number of hydrogen-bond donors (Lipinski definition) is 2. The van der Waals surface area contributed by atoms with Crippen LogP contribution in [0, 0.1) is 0 Å². The molecule has 11 heteroatoms. The van der Waals surface area contributed by atoms with Crippen LogP contribution in [0.5, 0.6) is 5.75 Å². The number of benzene rings is 2. The monoisotopic (exact) mass is 551 g/mol. The molecule has 0 unspecified atom stereocenters. The highest BCUT2D eigenvalue weighted by molar-refractivity contribution is 6.43. The third-order valence-corrected chi connectivity index (χ3v) is 7.04. The van der Waals surface area contributed by atoms with Crippen molar-refractivity contribution < 1.29 is 14.3 Å². The summed E-state index contributed by atoms with van der Waals surface area (Å²) in [6.07, 6.45) is 3.69. The zero-order chi connectivity index (χ0) is 28.1. The molecular weight excluding hydrogens is 518 g/mol. The summed E-state index contributed by atoms with van der Waals surface area (Å²) in [7, 11) is 8.95. The Bertz CT molecular complexity index is 1340. The van der Waals surface area contributed by atoms with Crippen molar-refractivity contribution in [2.75, 3.05) is 63.9 Å². The molecule has 1 aliphatic heterocycles. The molecule has 1 aromatic heterocycles. The van der Waals surface area contributed by atoms with Crippen molar-refractivity contribution in [1.29, 1.82) is 0 Å². The average Bonchev–Trinajstić information content (AvgIpc) is 2.94. The van der Waals surface area contributed by atoms with Crippen molar-refractivity contribution in [2.24, 2.45) is 0 Å². The lowest BCUT2D eigenvalue weighted by molar-refractivity contribution is -0.124. The van der Waals surface area contributed by atoms with E-state index in [4.69, 9.17) is 16.3 Å². The fraction of sp³-hybridized carbons (Fsp3) is 0.357. The molecule has 1 fully saturated rings. The topological polar surface area (TPSA) is 103 Å². The van der Waals surface area contributed by atoms with Crippen LogP contribution < -0.4 is 20.3 Å². The Balaban J connectivity index is 1.53. The second-order valence-electron chi connectivity index (χ2n) is 9.78. The lowest BCUT2D eigenvalue weighted by Crippen LogP contribution is -2.41. The zero-order valence-corrected chi connectivity index (χ0v) is 23.6. The van der Waals surface area contributed by atoms with Gasteiger partial charge in [0.25, 0.3) is 11.7 Å². The fourth-order valence-corrected chi connectivity index (χ4v) is 4.63. The number of aromatic nitrogens is 2. The minimum atomic E-state index is -0.637. The molecular formula is C28H34ClN7O3. The Morgan fingerprint density at radius 2 is 1.74 bits per heavy atom. The number of hydrogen-bond acceptors (Lipinski definition) is 9. The SMILES string of the molecule is COc1cc(N2CCC(N(C)C)CC2)ccc1Nc1ncc(Cl)c(Nc2ccccc2C(=O)C(=O)N(C)C)n1. The molecule has 2 heterocycles. The van der Waals surface area contributed by atoms with Crippen LogP contribution in [0.25, 0.3) is 0 Å². The van der Waals surface area contributed by atoms with E-state index in [0.717, 1.165) is 31.6 Å². The van der Waals surface area contributed by atoms with Gasteiger partial charge in [-0.2, -0.15) is 4.98 Å². The molecule has 2 aromatic carbocycles. The zero-order valence-electron chi connectivity index (χ0n) is 22.9. The standard InChI is InChI=1S/C28H34ClN7O3/c1-34(2)18-12-14-36(15-13-18)19-10-11-23(24(16-19)39-5)32-28-30-17-21(29)26(33-28)31-22-9-7-6-8-20(22)25(37)27(38)35(3)4/h6-11,16-18H,12-15H2,1-5H3,(H2,30,31,32,33). The Morgan fingerprint density at radius 1 is 1.03 bits per heavy atom. The molecule has 2 N–H and O–H groups in total. The van der Waals surface area contributed by atoms with E-state index in [-0.39, 0.29) is 22.4 Å². The molecule has 0 atom stereocenters. The van der Waals surface area contributed by atoms with Gasteiger partial charge in [-0.3, -0.25) is 9.59 Å². The smallest absolute Gasteiger partial charge is 0.294 e. The maximum absolute atomic E-state index is 12.7. The first-order chi connectivity index (χ1) is 18.7. The van der Waals surface area contributed by atoms with Gasteiger partial charge in [0.2, 0.25) is 5.95 Å². The van der Waals surface area contributed by atoms with Gasteiger partial charge in [0.1, 0.15) is 10.8 Å². The highest BCUT2D eigenvalue weighted by atomic mass is 35.5. The van der Waals surface area contributed by atoms with Crippen molar-refractivity contribution in [3.8, 4) is 5.75 Å². The molecule has 0 spiro atoms. The lowest BCUT2D eigenvalue weighted by Gasteiger charge is -2.36. The van der Waals surface area contributed by atoms with Gasteiger partial charge in [-0.25, -0.2) is 4.98 Å². The maximum atomic E-state index is 12.7. The molecule has 1 aliphatic rings. The van der Waals surface area contributed by atoms with Crippen molar-refractivity contribution in [2.45, 2.75) is 18.9 Å². The van der Waals surface area contributed by atoms with Gasteiger partial charge in [-0.05, 0) is 51.2 Å². The summed E-state index contributed by atoms with van der Waals surface area (Å²) in [5.41, 5.74) is 2.42. The molecule has 1 amide bonds. The summed E-state index contributed by atoms with van der Waals surface area (Å²) in [6, 6.07) is 13.3. The Labute approximate surface area is 233 Å². The quantitative estimate of drug-likeness (QED) is 0.295. The van der Waals surface area contributed by atoms with Crippen LogP contribution >= 0.6 is 11.6 Å². The normalized spacial score (nSPS) is 13.8. The molecule has 39 heavy (non-hydrogen) atoms. The third-order valence-electron chi connectivity index (χ3n) is 6.76. The number of anilines is 5. The van der Waals surface area contributed by atoms with E-state index in [1.165, 1.54) is 25.2 Å². The number of rotatable bonds is 9. The first kappa shape index (κ1) is 28.1. The van der Waals surface area contributed by atoms with E-state index in [1.807, 2.05) is 12.1 Å². The Hall–Kier alpha value is -3.89. The van der Waals surface area contributed by atoms with Gasteiger partial charge in [-0.1, -0.05) is 23.7 Å². The number of methoxy groups -OCH3 is 1. The predicted octanol–water partition coefficient (Wildman–Crippen LogP) is 4.43. The summed E-state index contributed by atoms with van der Waals surface area (Å²) >= 11 is 6.38. The summed E-state index contributed by atoms with van der Waals surface area (Å²) in [5, 5.41) is 6.53. The van der Waals surface area contributed by atoms with E-state index >= 15 is 0 Å². The van der Waals surface area contributed by atoms with Gasteiger partial charge in [0.15, 0.2) is 5.82 Å². The highest BCUT2D eigenvalue weighted by Gasteiger charge is 2.23. The maximum Gasteiger partial charge on any atom is 0.294 e. The molecule has 4 rings (SSSR count). The molecule has 1 saturated heterocycles. The second-order valence-corrected chi connectivity index (χ2v) is 10.2. The number of Topliss-reactive ketones (excluding diaryl/α,β-unsaturated/α-hetero) is 1. The third kappa shape index (κ3) is 6.58. The highest BCUT2D eigenvalue weighted by Crippen LogP contribution is 2.34. The minimum absolute atomic E-state index is 0.215. The Kier molecular flexibility index (Phi) is 8.88. The molecule has 206 valence electrons. The number of nitrogens with one attached hydrogen (secondary N) is 2. The van der Waals surface area contributed by atoms with E-state index in [0.29, 0.717) is 23.2 Å². The van der Waals surface area contributed by atoms with Crippen molar-refractivity contribution >= 4 is 52.1 Å². The van der Waals surface area contributed by atoms with E-state index in [2.05, 4.69) is 50.6 Å². The van der Waals surface area contributed by atoms with Gasteiger partial charge < -0.3 is 30.1 Å². The van der Waals surface area contributed by atoms with Crippen LogP contribution in [0.3, 0.4) is 0 Å². The van der Waals surface area contributed by atoms with Gasteiger partial charge in [-0.15, -0.1) is 0 Å². The van der Waals surface area contributed by atoms with E-state index < -0.39 is 11.7 Å². The van der Waals surface area contributed by atoms with Crippen LogP contribution in [0.4, 0.5) is 28.8 Å². The van der Waals surface area contributed by atoms with Crippen molar-refractivity contribution in [3.63, 3.8) is 0 Å². The van der Waals surface area contributed by atoms with Crippen molar-refractivity contribution in [1.82, 2.24) is 19.8 Å². The predicted molar refractivity (Wildman–Crippen MR) is 155 cm³/mol. The summed E-state index contributed by atoms with van der Waals surface area (Å²) < 4.78 is 5.67. The van der Waals surface area contributed by atoms with Crippen LogP contribution in [-0.2, 0) is 4.79 Å². The molecule has 0 radical (unpaired) electrons. The van der Waals surface area contributed by atoms with Crippen molar-refractivity contribution in [3.05, 3.63) is 59.2 Å². The molecule has 10 nitrogen and oxygen atoms in total. The second kappa shape index (κ2) is 12.3. The first-order valence-corrected chi connectivity index (χ1v) is 13.1. The number of piperidine rings is 1. The number of ketones is 1. The first-order valence-electron chi connectivity index (χ1n) is 12.7. The summed E-state index contributed by atoms with van der Waals surface area (Å²) in [4.78, 5) is 39.7. The number of likely N-dealkylation sites (N-methyl/N-ethyl adjacent to an activating group) is 1. The minimum Gasteiger partial charge on any atom is -0.494 e. The fourth-order valence-electron chi connectivity index (χ4n) is 4.49. The summed E-state index contributed by atoms with van der Waals surface area (Å²) in [6.45, 7) is 1.97. The largest absolute Gasteiger partial charge is 0.494 e. The number of nitrogens with zero attached hydrogens (tertiary/aromatic N) is 5. The van der Waals surface area contributed by atoms with Crippen LogP contribution in [0.1, 0.15) is 23.2 Å². The summed E-state index contributed by atoms with van der Waals surface area (Å²) in [5.74, 6) is -0.0344. The molecule has 0 aliphatic carbocycles. The Morgan fingerprint density at radius 3 is 2.41 bits per heavy atom. The molecule has 0 saturated carbocycles. The number of para-hydroxylation sites is 1. The number of carbonyl (C=O) groups is 2. The number of amides is 1. The molecule has 3 aromatic rings. The number of ether oxygens (including phenoxy) is 1. The van der Waals surface area contributed by atoms with Crippen LogP contribution in [0.2, 0.25) is 5.02 Å².